The molecule has 4 rings (SSSR count). The highest BCUT2D eigenvalue weighted by Gasteiger charge is 2.35. The summed E-state index contributed by atoms with van der Waals surface area (Å²) < 4.78 is 51.7. The molecule has 4 heterocycles. The van der Waals surface area contributed by atoms with E-state index in [0.717, 1.165) is 38.8 Å². The summed E-state index contributed by atoms with van der Waals surface area (Å²) in [6, 6.07) is 0.446. The Labute approximate surface area is 207 Å². The zero-order valence-corrected chi connectivity index (χ0v) is 20.4. The number of ether oxygens (including phenoxy) is 1. The van der Waals surface area contributed by atoms with Crippen LogP contribution in [0.5, 0.6) is 0 Å². The Morgan fingerprint density at radius 2 is 1.89 bits per heavy atom. The van der Waals surface area contributed by atoms with Crippen molar-refractivity contribution in [2.24, 2.45) is 0 Å². The van der Waals surface area contributed by atoms with Crippen molar-refractivity contribution in [3.63, 3.8) is 0 Å². The minimum Gasteiger partial charge on any atom is -0.427 e. The fourth-order valence-corrected chi connectivity index (χ4v) is 3.97. The lowest BCUT2D eigenvalue weighted by atomic mass is 10.3. The van der Waals surface area contributed by atoms with E-state index >= 15 is 0 Å². The first kappa shape index (κ1) is 25.9. The number of carbonyl (C=O) groups excluding carboxylic acids is 1. The second-order valence-electron chi connectivity index (χ2n) is 8.84. The van der Waals surface area contributed by atoms with Crippen molar-refractivity contribution >= 4 is 29.5 Å². The van der Waals surface area contributed by atoms with Crippen LogP contribution in [0.1, 0.15) is 24.2 Å². The molecule has 0 atom stereocenters. The summed E-state index contributed by atoms with van der Waals surface area (Å²) in [5.74, 6) is 0.332. The summed E-state index contributed by atoms with van der Waals surface area (Å²) in [7, 11) is 2.04. The van der Waals surface area contributed by atoms with Crippen molar-refractivity contribution < 1.29 is 27.1 Å². The molecular formula is C22H31F3N8O3. The van der Waals surface area contributed by atoms with E-state index < -0.39 is 11.7 Å². The van der Waals surface area contributed by atoms with Crippen molar-refractivity contribution in [1.29, 1.82) is 0 Å². The van der Waals surface area contributed by atoms with Gasteiger partial charge in [0.1, 0.15) is 23.7 Å². The maximum Gasteiger partial charge on any atom is 0.421 e. The SMILES string of the molecule is Cc1oc(N2CCN(C)CC2)nc1Nc1ncc(C(F)(F)F)c(NCCCN2CCCOCC2=O)n1. The van der Waals surface area contributed by atoms with Crippen molar-refractivity contribution in [2.75, 3.05) is 81.6 Å². The smallest absolute Gasteiger partial charge is 0.421 e. The number of carbonyl (C=O) groups is 1. The van der Waals surface area contributed by atoms with Crippen LogP contribution in [-0.4, -0.2) is 96.7 Å². The van der Waals surface area contributed by atoms with Crippen LogP contribution in [0.25, 0.3) is 0 Å². The van der Waals surface area contributed by atoms with E-state index in [9.17, 15) is 18.0 Å². The fourth-order valence-electron chi connectivity index (χ4n) is 3.97. The normalized spacial score (nSPS) is 17.9. The number of hydrogen-bond donors (Lipinski definition) is 2. The minimum absolute atomic E-state index is 0.0323. The van der Waals surface area contributed by atoms with E-state index in [2.05, 4.69) is 30.5 Å². The Morgan fingerprint density at radius 1 is 1.11 bits per heavy atom. The molecule has 198 valence electrons. The average Bonchev–Trinajstić information content (AvgIpc) is 3.06. The van der Waals surface area contributed by atoms with Gasteiger partial charge >= 0.3 is 6.18 Å². The molecule has 36 heavy (non-hydrogen) atoms. The molecule has 2 aliphatic rings. The van der Waals surface area contributed by atoms with Crippen LogP contribution in [0, 0.1) is 6.92 Å². The second-order valence-corrected chi connectivity index (χ2v) is 8.84. The molecule has 2 aromatic rings. The maximum absolute atomic E-state index is 13.6. The number of anilines is 4. The number of aryl methyl sites for hydroxylation is 1. The third-order valence-corrected chi connectivity index (χ3v) is 6.08. The molecule has 2 aromatic heterocycles. The first-order valence-electron chi connectivity index (χ1n) is 11.9. The number of oxazole rings is 1. The van der Waals surface area contributed by atoms with Crippen LogP contribution >= 0.6 is 0 Å². The third kappa shape index (κ3) is 6.55. The Hall–Kier alpha value is -3.13. The van der Waals surface area contributed by atoms with Crippen molar-refractivity contribution in [1.82, 2.24) is 24.8 Å². The number of amides is 1. The maximum atomic E-state index is 13.6. The zero-order chi connectivity index (χ0) is 25.7. The molecule has 0 spiro atoms. The van der Waals surface area contributed by atoms with Gasteiger partial charge in [0.15, 0.2) is 5.82 Å². The Bertz CT molecular complexity index is 1040. The quantitative estimate of drug-likeness (QED) is 0.511. The highest BCUT2D eigenvalue weighted by Crippen LogP contribution is 2.34. The molecule has 0 aliphatic carbocycles. The second kappa shape index (κ2) is 11.3. The lowest BCUT2D eigenvalue weighted by Gasteiger charge is -2.31. The number of nitrogens with one attached hydrogen (secondary N) is 2. The summed E-state index contributed by atoms with van der Waals surface area (Å²) in [5, 5.41) is 5.63. The monoisotopic (exact) mass is 512 g/mol. The molecule has 1 amide bonds. The van der Waals surface area contributed by atoms with Crippen LogP contribution in [0.3, 0.4) is 0 Å². The number of piperazine rings is 1. The lowest BCUT2D eigenvalue weighted by Crippen LogP contribution is -2.44. The highest BCUT2D eigenvalue weighted by atomic mass is 19.4. The molecule has 2 N–H and O–H groups in total. The van der Waals surface area contributed by atoms with Crippen LogP contribution in [0.4, 0.5) is 36.8 Å². The number of likely N-dealkylation sites (N-methyl/N-ethyl adjacent to an activating group) is 1. The molecule has 2 aliphatic heterocycles. The molecule has 0 radical (unpaired) electrons. The molecule has 2 saturated heterocycles. The molecule has 11 nitrogen and oxygen atoms in total. The largest absolute Gasteiger partial charge is 0.427 e. The Kier molecular flexibility index (Phi) is 8.14. The number of rotatable bonds is 8. The zero-order valence-electron chi connectivity index (χ0n) is 20.4. The first-order valence-corrected chi connectivity index (χ1v) is 11.9. The summed E-state index contributed by atoms with van der Waals surface area (Å²) in [5.41, 5.74) is -0.970. The molecule has 0 unspecified atom stereocenters. The summed E-state index contributed by atoms with van der Waals surface area (Å²) in [6.45, 7) is 6.73. The number of alkyl halides is 3. The predicted molar refractivity (Wildman–Crippen MR) is 126 cm³/mol. The van der Waals surface area contributed by atoms with Gasteiger partial charge in [-0.25, -0.2) is 4.98 Å². The van der Waals surface area contributed by atoms with Gasteiger partial charge in [0, 0.05) is 58.6 Å². The molecule has 0 aromatic carbocycles. The Morgan fingerprint density at radius 3 is 2.64 bits per heavy atom. The van der Waals surface area contributed by atoms with Crippen LogP contribution in [-0.2, 0) is 15.7 Å². The van der Waals surface area contributed by atoms with E-state index in [1.54, 1.807) is 11.8 Å². The van der Waals surface area contributed by atoms with E-state index in [0.29, 0.717) is 43.7 Å². The van der Waals surface area contributed by atoms with Crippen molar-refractivity contribution in [3.8, 4) is 0 Å². The molecule has 0 bridgehead atoms. The van der Waals surface area contributed by atoms with Gasteiger partial charge in [0.2, 0.25) is 11.9 Å². The van der Waals surface area contributed by atoms with Gasteiger partial charge in [0.25, 0.3) is 6.01 Å². The molecule has 0 saturated carbocycles. The van der Waals surface area contributed by atoms with Crippen LogP contribution in [0.2, 0.25) is 0 Å². The number of aromatic nitrogens is 3. The lowest BCUT2D eigenvalue weighted by molar-refractivity contribution is -0.137. The molecular weight excluding hydrogens is 481 g/mol. The van der Waals surface area contributed by atoms with Gasteiger partial charge in [-0.05, 0) is 26.8 Å². The molecule has 14 heteroatoms. The van der Waals surface area contributed by atoms with Crippen molar-refractivity contribution in [2.45, 2.75) is 25.9 Å². The minimum atomic E-state index is -4.63. The van der Waals surface area contributed by atoms with Crippen LogP contribution in [0.15, 0.2) is 10.6 Å². The summed E-state index contributed by atoms with van der Waals surface area (Å²) in [4.78, 5) is 30.3. The predicted octanol–water partition coefficient (Wildman–Crippen LogP) is 2.34. The summed E-state index contributed by atoms with van der Waals surface area (Å²) in [6.07, 6.45) is -2.70. The number of nitrogens with zero attached hydrogens (tertiary/aromatic N) is 6. The van der Waals surface area contributed by atoms with E-state index in [1.165, 1.54) is 0 Å². The van der Waals surface area contributed by atoms with Gasteiger partial charge in [-0.1, -0.05) is 0 Å². The Balaban J connectivity index is 1.41. The summed E-state index contributed by atoms with van der Waals surface area (Å²) >= 11 is 0. The third-order valence-electron chi connectivity index (χ3n) is 6.08. The van der Waals surface area contributed by atoms with Gasteiger partial charge in [-0.3, -0.25) is 4.79 Å². The van der Waals surface area contributed by atoms with E-state index in [4.69, 9.17) is 9.15 Å². The topological polar surface area (TPSA) is 112 Å². The number of halogens is 3. The highest BCUT2D eigenvalue weighted by molar-refractivity contribution is 5.77. The van der Waals surface area contributed by atoms with Gasteiger partial charge in [0.05, 0.1) is 0 Å². The van der Waals surface area contributed by atoms with Gasteiger partial charge < -0.3 is 34.5 Å². The van der Waals surface area contributed by atoms with E-state index in [-0.39, 0.29) is 30.8 Å². The van der Waals surface area contributed by atoms with Crippen LogP contribution < -0.4 is 15.5 Å². The van der Waals surface area contributed by atoms with Gasteiger partial charge in [-0.2, -0.15) is 23.1 Å². The number of hydrogen-bond acceptors (Lipinski definition) is 10. The standard InChI is InChI=1S/C22H31F3N8O3/c1-15-18(30-21(36-15)33-10-8-31(2)9-11-33)28-20-27-13-16(22(23,24)25)19(29-20)26-5-3-6-32-7-4-12-35-14-17(32)34/h13H,3-12,14H2,1-2H3,(H2,26,27,28,29). The first-order chi connectivity index (χ1) is 17.2. The average molecular weight is 513 g/mol. The fraction of sp³-hybridized carbons (Fsp3) is 0.636. The van der Waals surface area contributed by atoms with Crippen molar-refractivity contribution in [3.05, 3.63) is 17.5 Å². The van der Waals surface area contributed by atoms with E-state index in [1.807, 2.05) is 11.9 Å². The van der Waals surface area contributed by atoms with Gasteiger partial charge in [-0.15, -0.1) is 0 Å². The molecule has 2 fully saturated rings.